The predicted octanol–water partition coefficient (Wildman–Crippen LogP) is 5.84. The van der Waals surface area contributed by atoms with Crippen LogP contribution in [0.1, 0.15) is 15.9 Å². The molecule has 6 aromatic rings. The second-order valence-corrected chi connectivity index (χ2v) is 9.93. The summed E-state index contributed by atoms with van der Waals surface area (Å²) in [6.07, 6.45) is 1.80. The Bertz CT molecular complexity index is 1820. The molecule has 0 radical (unpaired) electrons. The number of halogens is 1. The van der Waals surface area contributed by atoms with Crippen molar-refractivity contribution in [2.45, 2.75) is 6.54 Å². The van der Waals surface area contributed by atoms with E-state index in [1.807, 2.05) is 105 Å². The number of nitrogens with zero attached hydrogens (tertiary/aromatic N) is 3. The van der Waals surface area contributed by atoms with Gasteiger partial charge in [-0.05, 0) is 52.5 Å². The number of nitrogens with one attached hydrogen (secondary N) is 2. The molecule has 0 saturated carbocycles. The zero-order chi connectivity index (χ0) is 27.5. The standard InChI is InChI=1S/C32H25BClN5O/c33-27-20-36-39-30(18-29(38-31(27)39)26-11-4-5-12-28(26)34)35-19-21-7-6-10-25(17-21)37-32(40)24-15-13-23(14-16-24)22-8-2-1-3-9-22/h1-18,20,35H,19,33H2,(H,37,40). The Morgan fingerprint density at radius 2 is 1.60 bits per heavy atom. The second-order valence-electron chi connectivity index (χ2n) is 9.52. The van der Waals surface area contributed by atoms with E-state index in [2.05, 4.69) is 27.9 Å². The third kappa shape index (κ3) is 5.32. The topological polar surface area (TPSA) is 71.3 Å². The SMILES string of the molecule is Bc1cnn2c(NCc3cccc(NC(=O)c4ccc(-c5ccccc5)cc4)c3)cc(-c3ccccc3Cl)nc12. The molecule has 40 heavy (non-hydrogen) atoms. The van der Waals surface area contributed by atoms with E-state index in [4.69, 9.17) is 16.6 Å². The largest absolute Gasteiger partial charge is 0.366 e. The Morgan fingerprint density at radius 3 is 2.40 bits per heavy atom. The number of amides is 1. The minimum Gasteiger partial charge on any atom is -0.366 e. The zero-order valence-corrected chi connectivity index (χ0v) is 22.6. The van der Waals surface area contributed by atoms with E-state index in [-0.39, 0.29) is 5.91 Å². The lowest BCUT2D eigenvalue weighted by Gasteiger charge is -2.13. The lowest BCUT2D eigenvalue weighted by Crippen LogP contribution is -2.12. The molecule has 0 bridgehead atoms. The third-order valence-electron chi connectivity index (χ3n) is 6.71. The van der Waals surface area contributed by atoms with E-state index >= 15 is 0 Å². The van der Waals surface area contributed by atoms with Gasteiger partial charge in [-0.25, -0.2) is 4.98 Å². The molecule has 6 rings (SSSR count). The fraction of sp³-hybridized carbons (Fsp3) is 0.0312. The Kier molecular flexibility index (Phi) is 7.04. The Hall–Kier alpha value is -4.88. The molecule has 2 N–H and O–H groups in total. The molecule has 0 atom stereocenters. The van der Waals surface area contributed by atoms with Crippen LogP contribution >= 0.6 is 11.6 Å². The van der Waals surface area contributed by atoms with Crippen LogP contribution in [0.5, 0.6) is 0 Å². The maximum absolute atomic E-state index is 12.9. The van der Waals surface area contributed by atoms with Gasteiger partial charge in [-0.15, -0.1) is 0 Å². The molecule has 6 nitrogen and oxygen atoms in total. The molecule has 0 spiro atoms. The van der Waals surface area contributed by atoms with Crippen molar-refractivity contribution < 1.29 is 4.79 Å². The van der Waals surface area contributed by atoms with Crippen LogP contribution in [0.15, 0.2) is 115 Å². The average Bonchev–Trinajstić information content (AvgIpc) is 3.37. The number of anilines is 2. The first-order chi connectivity index (χ1) is 19.5. The van der Waals surface area contributed by atoms with Crippen LogP contribution < -0.4 is 16.1 Å². The minimum absolute atomic E-state index is 0.156. The van der Waals surface area contributed by atoms with Crippen molar-refractivity contribution in [3.8, 4) is 22.4 Å². The van der Waals surface area contributed by atoms with Crippen LogP contribution in [0.2, 0.25) is 5.02 Å². The van der Waals surface area contributed by atoms with E-state index < -0.39 is 0 Å². The van der Waals surface area contributed by atoms with Gasteiger partial charge < -0.3 is 10.6 Å². The van der Waals surface area contributed by atoms with Crippen molar-refractivity contribution in [1.29, 1.82) is 0 Å². The maximum atomic E-state index is 12.9. The van der Waals surface area contributed by atoms with Crippen molar-refractivity contribution in [2.24, 2.45) is 0 Å². The predicted molar refractivity (Wildman–Crippen MR) is 165 cm³/mol. The van der Waals surface area contributed by atoms with Crippen LogP contribution in [0.3, 0.4) is 0 Å². The number of benzene rings is 4. The number of rotatable bonds is 7. The quantitative estimate of drug-likeness (QED) is 0.249. The lowest BCUT2D eigenvalue weighted by atomic mass is 10.0. The smallest absolute Gasteiger partial charge is 0.255 e. The van der Waals surface area contributed by atoms with E-state index in [9.17, 15) is 4.79 Å². The number of hydrogen-bond donors (Lipinski definition) is 2. The van der Waals surface area contributed by atoms with Gasteiger partial charge >= 0.3 is 0 Å². The van der Waals surface area contributed by atoms with Crippen molar-refractivity contribution >= 4 is 48.0 Å². The van der Waals surface area contributed by atoms with Gasteiger partial charge in [0, 0.05) is 40.6 Å². The van der Waals surface area contributed by atoms with Crippen LogP contribution in [-0.2, 0) is 6.54 Å². The number of hydrogen-bond acceptors (Lipinski definition) is 4. The molecule has 0 fully saturated rings. The molecule has 2 aromatic heterocycles. The molecule has 4 aromatic carbocycles. The fourth-order valence-electron chi connectivity index (χ4n) is 4.61. The first-order valence-electron chi connectivity index (χ1n) is 12.9. The zero-order valence-electron chi connectivity index (χ0n) is 21.8. The molecular formula is C32H25BClN5O. The molecule has 8 heteroatoms. The first-order valence-corrected chi connectivity index (χ1v) is 13.3. The molecule has 0 aliphatic carbocycles. The highest BCUT2D eigenvalue weighted by molar-refractivity contribution is 6.36. The number of aromatic nitrogens is 3. The average molecular weight is 542 g/mol. The molecule has 2 heterocycles. The summed E-state index contributed by atoms with van der Waals surface area (Å²) in [6.45, 7) is 0.523. The number of carbonyl (C=O) groups is 1. The Morgan fingerprint density at radius 1 is 0.850 bits per heavy atom. The molecular weight excluding hydrogens is 517 g/mol. The lowest BCUT2D eigenvalue weighted by molar-refractivity contribution is 0.102. The Balaban J connectivity index is 1.19. The van der Waals surface area contributed by atoms with Gasteiger partial charge in [0.15, 0.2) is 5.65 Å². The van der Waals surface area contributed by atoms with Gasteiger partial charge in [0.25, 0.3) is 5.91 Å². The molecule has 0 saturated heterocycles. The first kappa shape index (κ1) is 25.4. The van der Waals surface area contributed by atoms with Crippen molar-refractivity contribution in [3.05, 3.63) is 132 Å². The van der Waals surface area contributed by atoms with E-state index in [1.54, 1.807) is 10.7 Å². The van der Waals surface area contributed by atoms with Crippen LogP contribution in [-0.4, -0.2) is 28.4 Å². The van der Waals surface area contributed by atoms with Crippen molar-refractivity contribution in [3.63, 3.8) is 0 Å². The second kappa shape index (κ2) is 11.1. The van der Waals surface area contributed by atoms with Gasteiger partial charge in [-0.2, -0.15) is 9.61 Å². The van der Waals surface area contributed by atoms with Gasteiger partial charge in [-0.3, -0.25) is 4.79 Å². The van der Waals surface area contributed by atoms with Crippen LogP contribution in [0.25, 0.3) is 28.0 Å². The monoisotopic (exact) mass is 541 g/mol. The minimum atomic E-state index is -0.156. The molecule has 194 valence electrons. The summed E-state index contributed by atoms with van der Waals surface area (Å²) in [6, 6.07) is 35.1. The Labute approximate surface area is 238 Å². The number of carbonyl (C=O) groups excluding carboxylic acids is 1. The third-order valence-corrected chi connectivity index (χ3v) is 7.04. The van der Waals surface area contributed by atoms with E-state index in [0.717, 1.165) is 50.6 Å². The number of fused-ring (bicyclic) bond motifs is 1. The summed E-state index contributed by atoms with van der Waals surface area (Å²) >= 11 is 6.47. The summed E-state index contributed by atoms with van der Waals surface area (Å²) in [7, 11) is 1.98. The normalized spacial score (nSPS) is 10.9. The van der Waals surface area contributed by atoms with Gasteiger partial charge in [0.1, 0.15) is 13.7 Å². The highest BCUT2D eigenvalue weighted by atomic mass is 35.5. The molecule has 0 aliphatic rings. The summed E-state index contributed by atoms with van der Waals surface area (Å²) in [5.41, 5.74) is 7.88. The summed E-state index contributed by atoms with van der Waals surface area (Å²) in [4.78, 5) is 17.8. The summed E-state index contributed by atoms with van der Waals surface area (Å²) in [5, 5.41) is 11.6. The molecule has 0 unspecified atom stereocenters. The van der Waals surface area contributed by atoms with Crippen LogP contribution in [0, 0.1) is 0 Å². The van der Waals surface area contributed by atoms with Crippen molar-refractivity contribution in [2.75, 3.05) is 10.6 Å². The highest BCUT2D eigenvalue weighted by Gasteiger charge is 2.13. The van der Waals surface area contributed by atoms with Crippen molar-refractivity contribution in [1.82, 2.24) is 14.6 Å². The van der Waals surface area contributed by atoms with Gasteiger partial charge in [0.05, 0.1) is 5.69 Å². The van der Waals surface area contributed by atoms with Gasteiger partial charge in [-0.1, -0.05) is 84.4 Å². The molecule has 0 aliphatic heterocycles. The van der Waals surface area contributed by atoms with E-state index in [0.29, 0.717) is 17.1 Å². The fourth-order valence-corrected chi connectivity index (χ4v) is 4.84. The summed E-state index contributed by atoms with van der Waals surface area (Å²) < 4.78 is 1.79. The summed E-state index contributed by atoms with van der Waals surface area (Å²) in [5.74, 6) is 0.637. The van der Waals surface area contributed by atoms with Crippen LogP contribution in [0.4, 0.5) is 11.5 Å². The maximum Gasteiger partial charge on any atom is 0.255 e. The van der Waals surface area contributed by atoms with E-state index in [1.165, 1.54) is 0 Å². The highest BCUT2D eigenvalue weighted by Crippen LogP contribution is 2.28. The molecule has 1 amide bonds. The van der Waals surface area contributed by atoms with Gasteiger partial charge in [0.2, 0.25) is 0 Å².